The number of nitrogens with one attached hydrogen (secondary N) is 1. The van der Waals surface area contributed by atoms with Gasteiger partial charge in [-0.1, -0.05) is 13.3 Å². The molecular formula is C13H26N2O. The third kappa shape index (κ3) is 4.52. The molecule has 1 atom stereocenters. The molecule has 94 valence electrons. The van der Waals surface area contributed by atoms with E-state index in [1.54, 1.807) is 0 Å². The lowest BCUT2D eigenvalue weighted by atomic mass is 10.1. The molecular weight excluding hydrogens is 200 g/mol. The van der Waals surface area contributed by atoms with Crippen LogP contribution >= 0.6 is 0 Å². The Morgan fingerprint density at radius 1 is 1.44 bits per heavy atom. The highest BCUT2D eigenvalue weighted by Crippen LogP contribution is 2.20. The first-order valence-corrected chi connectivity index (χ1v) is 6.45. The number of amides is 1. The van der Waals surface area contributed by atoms with Crippen molar-refractivity contribution in [3.05, 3.63) is 0 Å². The van der Waals surface area contributed by atoms with Gasteiger partial charge in [-0.3, -0.25) is 4.79 Å². The Kier molecular flexibility index (Phi) is 4.78. The van der Waals surface area contributed by atoms with Crippen LogP contribution in [0.2, 0.25) is 0 Å². The molecule has 3 heteroatoms. The fraction of sp³-hybridized carbons (Fsp3) is 0.923. The zero-order valence-corrected chi connectivity index (χ0v) is 11.2. The summed E-state index contributed by atoms with van der Waals surface area (Å²) in [5, 5.41) is 3.45. The Bertz CT molecular complexity index is 233. The van der Waals surface area contributed by atoms with Crippen LogP contribution < -0.4 is 5.32 Å². The van der Waals surface area contributed by atoms with Crippen molar-refractivity contribution >= 4 is 5.91 Å². The van der Waals surface area contributed by atoms with Crippen LogP contribution in [0.25, 0.3) is 0 Å². The van der Waals surface area contributed by atoms with Crippen molar-refractivity contribution in [3.63, 3.8) is 0 Å². The SMILES string of the molecule is CCC1CC(=O)N(CCCNC(C)(C)C)C1. The van der Waals surface area contributed by atoms with Crippen molar-refractivity contribution < 1.29 is 4.79 Å². The highest BCUT2D eigenvalue weighted by Gasteiger charge is 2.27. The summed E-state index contributed by atoms with van der Waals surface area (Å²) in [6, 6.07) is 0. The second-order valence-corrected chi connectivity index (χ2v) is 5.85. The van der Waals surface area contributed by atoms with Gasteiger partial charge in [0.1, 0.15) is 0 Å². The summed E-state index contributed by atoms with van der Waals surface area (Å²) >= 11 is 0. The first-order valence-electron chi connectivity index (χ1n) is 6.45. The smallest absolute Gasteiger partial charge is 0.222 e. The van der Waals surface area contributed by atoms with E-state index in [4.69, 9.17) is 0 Å². The van der Waals surface area contributed by atoms with Crippen LogP contribution in [-0.2, 0) is 4.79 Å². The summed E-state index contributed by atoms with van der Waals surface area (Å²) in [5.74, 6) is 0.950. The fourth-order valence-electron chi connectivity index (χ4n) is 2.08. The van der Waals surface area contributed by atoms with Gasteiger partial charge >= 0.3 is 0 Å². The number of rotatable bonds is 5. The molecule has 1 unspecified atom stereocenters. The fourth-order valence-corrected chi connectivity index (χ4v) is 2.08. The molecule has 0 aromatic rings. The second-order valence-electron chi connectivity index (χ2n) is 5.85. The van der Waals surface area contributed by atoms with Crippen molar-refractivity contribution in [2.75, 3.05) is 19.6 Å². The van der Waals surface area contributed by atoms with Crippen LogP contribution in [0.15, 0.2) is 0 Å². The van der Waals surface area contributed by atoms with E-state index in [2.05, 4.69) is 33.0 Å². The van der Waals surface area contributed by atoms with Crippen LogP contribution in [0.3, 0.4) is 0 Å². The molecule has 1 N–H and O–H groups in total. The molecule has 16 heavy (non-hydrogen) atoms. The highest BCUT2D eigenvalue weighted by molar-refractivity contribution is 5.78. The minimum absolute atomic E-state index is 0.182. The molecule has 0 aromatic heterocycles. The van der Waals surface area contributed by atoms with E-state index in [1.807, 2.05) is 4.90 Å². The zero-order valence-electron chi connectivity index (χ0n) is 11.2. The number of hydrogen-bond donors (Lipinski definition) is 1. The average molecular weight is 226 g/mol. The maximum atomic E-state index is 11.6. The van der Waals surface area contributed by atoms with E-state index in [0.717, 1.165) is 38.9 Å². The van der Waals surface area contributed by atoms with Crippen molar-refractivity contribution in [1.82, 2.24) is 10.2 Å². The lowest BCUT2D eigenvalue weighted by Crippen LogP contribution is -2.38. The normalized spacial score (nSPS) is 21.9. The Labute approximate surface area is 99.6 Å². The van der Waals surface area contributed by atoms with Gasteiger partial charge in [-0.15, -0.1) is 0 Å². The molecule has 1 aliphatic heterocycles. The monoisotopic (exact) mass is 226 g/mol. The van der Waals surface area contributed by atoms with Gasteiger partial charge < -0.3 is 10.2 Å². The van der Waals surface area contributed by atoms with E-state index >= 15 is 0 Å². The predicted octanol–water partition coefficient (Wildman–Crippen LogP) is 2.02. The molecule has 0 aromatic carbocycles. The molecule has 1 heterocycles. The Balaban J connectivity index is 2.16. The molecule has 0 radical (unpaired) electrons. The molecule has 1 saturated heterocycles. The van der Waals surface area contributed by atoms with Crippen molar-refractivity contribution in [1.29, 1.82) is 0 Å². The summed E-state index contributed by atoms with van der Waals surface area (Å²) in [5.41, 5.74) is 0.182. The molecule has 3 nitrogen and oxygen atoms in total. The van der Waals surface area contributed by atoms with Gasteiger partial charge in [0.05, 0.1) is 0 Å². The average Bonchev–Trinajstić information content (AvgIpc) is 2.53. The molecule has 0 bridgehead atoms. The molecule has 0 spiro atoms. The molecule has 1 amide bonds. The van der Waals surface area contributed by atoms with Gasteiger partial charge in [0.15, 0.2) is 0 Å². The lowest BCUT2D eigenvalue weighted by Gasteiger charge is -2.22. The van der Waals surface area contributed by atoms with E-state index in [1.165, 1.54) is 0 Å². The molecule has 1 fully saturated rings. The largest absolute Gasteiger partial charge is 0.342 e. The zero-order chi connectivity index (χ0) is 12.2. The minimum Gasteiger partial charge on any atom is -0.342 e. The van der Waals surface area contributed by atoms with Gasteiger partial charge in [0.25, 0.3) is 0 Å². The maximum absolute atomic E-state index is 11.6. The van der Waals surface area contributed by atoms with Crippen molar-refractivity contribution in [2.45, 2.75) is 52.5 Å². The third-order valence-electron chi connectivity index (χ3n) is 3.13. The first-order chi connectivity index (χ1) is 7.42. The first kappa shape index (κ1) is 13.5. The third-order valence-corrected chi connectivity index (χ3v) is 3.13. The van der Waals surface area contributed by atoms with Gasteiger partial charge in [0, 0.05) is 25.0 Å². The van der Waals surface area contributed by atoms with Crippen LogP contribution in [0.1, 0.15) is 47.0 Å². The standard InChI is InChI=1S/C13H26N2O/c1-5-11-9-12(16)15(10-11)8-6-7-14-13(2,3)4/h11,14H,5-10H2,1-4H3. The summed E-state index contributed by atoms with van der Waals surface area (Å²) in [6.45, 7) is 11.6. The number of carbonyl (C=O) groups excluding carboxylic acids is 1. The summed E-state index contributed by atoms with van der Waals surface area (Å²) in [4.78, 5) is 13.7. The summed E-state index contributed by atoms with van der Waals surface area (Å²) in [6.07, 6.45) is 2.95. The van der Waals surface area contributed by atoms with Crippen LogP contribution in [0.4, 0.5) is 0 Å². The number of nitrogens with zero attached hydrogens (tertiary/aromatic N) is 1. The van der Waals surface area contributed by atoms with E-state index in [0.29, 0.717) is 11.8 Å². The van der Waals surface area contributed by atoms with E-state index in [9.17, 15) is 4.79 Å². The predicted molar refractivity (Wildman–Crippen MR) is 67.4 cm³/mol. The number of likely N-dealkylation sites (tertiary alicyclic amines) is 1. The van der Waals surface area contributed by atoms with Crippen LogP contribution in [0, 0.1) is 5.92 Å². The quantitative estimate of drug-likeness (QED) is 0.727. The maximum Gasteiger partial charge on any atom is 0.222 e. The highest BCUT2D eigenvalue weighted by atomic mass is 16.2. The van der Waals surface area contributed by atoms with Gasteiger partial charge in [-0.2, -0.15) is 0 Å². The topological polar surface area (TPSA) is 32.3 Å². The lowest BCUT2D eigenvalue weighted by molar-refractivity contribution is -0.127. The molecule has 1 rings (SSSR count). The van der Waals surface area contributed by atoms with Gasteiger partial charge in [-0.25, -0.2) is 0 Å². The molecule has 1 aliphatic rings. The summed E-state index contributed by atoms with van der Waals surface area (Å²) in [7, 11) is 0. The van der Waals surface area contributed by atoms with Crippen molar-refractivity contribution in [3.8, 4) is 0 Å². The van der Waals surface area contributed by atoms with Gasteiger partial charge in [-0.05, 0) is 39.7 Å². The Morgan fingerprint density at radius 3 is 2.62 bits per heavy atom. The molecule has 0 saturated carbocycles. The number of hydrogen-bond acceptors (Lipinski definition) is 2. The van der Waals surface area contributed by atoms with E-state index < -0.39 is 0 Å². The van der Waals surface area contributed by atoms with Crippen molar-refractivity contribution in [2.24, 2.45) is 5.92 Å². The summed E-state index contributed by atoms with van der Waals surface area (Å²) < 4.78 is 0. The molecule has 0 aliphatic carbocycles. The van der Waals surface area contributed by atoms with Crippen LogP contribution in [0.5, 0.6) is 0 Å². The minimum atomic E-state index is 0.182. The Hall–Kier alpha value is -0.570. The van der Waals surface area contributed by atoms with Crippen LogP contribution in [-0.4, -0.2) is 36.0 Å². The second kappa shape index (κ2) is 5.67. The number of carbonyl (C=O) groups is 1. The Morgan fingerprint density at radius 2 is 2.12 bits per heavy atom. The van der Waals surface area contributed by atoms with E-state index in [-0.39, 0.29) is 5.54 Å². The van der Waals surface area contributed by atoms with Gasteiger partial charge in [0.2, 0.25) is 5.91 Å².